The number of benzene rings is 1. The molecule has 0 aliphatic carbocycles. The Labute approximate surface area is 93.5 Å². The number of halogens is 1. The molecule has 0 aliphatic heterocycles. The summed E-state index contributed by atoms with van der Waals surface area (Å²) in [5.41, 5.74) is 6.89. The number of aromatic amines is 1. The van der Waals surface area contributed by atoms with Crippen molar-refractivity contribution >= 4 is 0 Å². The summed E-state index contributed by atoms with van der Waals surface area (Å²) in [5, 5.41) is 0. The summed E-state index contributed by atoms with van der Waals surface area (Å²) in [4.78, 5) is 7.24. The Morgan fingerprint density at radius 3 is 2.88 bits per heavy atom. The molecule has 0 amide bonds. The van der Waals surface area contributed by atoms with Gasteiger partial charge >= 0.3 is 0 Å². The Balaban J connectivity index is 2.28. The third kappa shape index (κ3) is 2.28. The van der Waals surface area contributed by atoms with Crippen LogP contribution in [0.2, 0.25) is 0 Å². The molecule has 0 bridgehead atoms. The Morgan fingerprint density at radius 1 is 1.44 bits per heavy atom. The maximum Gasteiger partial charge on any atom is 0.132 e. The molecular weight excluding hydrogens is 205 g/mol. The monoisotopic (exact) mass is 219 g/mol. The molecule has 1 atom stereocenters. The largest absolute Gasteiger partial charge is 0.342 e. The van der Waals surface area contributed by atoms with E-state index < -0.39 is 0 Å². The zero-order valence-corrected chi connectivity index (χ0v) is 9.07. The number of nitrogens with zero attached hydrogens (tertiary/aromatic N) is 1. The zero-order chi connectivity index (χ0) is 11.5. The fraction of sp³-hybridized carbons (Fsp3) is 0.250. The number of hydrogen-bond acceptors (Lipinski definition) is 2. The molecule has 16 heavy (non-hydrogen) atoms. The minimum atomic E-state index is -0.251. The summed E-state index contributed by atoms with van der Waals surface area (Å²) < 4.78 is 13.5. The molecule has 1 unspecified atom stereocenters. The van der Waals surface area contributed by atoms with Gasteiger partial charge in [0.1, 0.15) is 11.6 Å². The molecule has 2 aromatic rings. The molecular formula is C12H14FN3. The van der Waals surface area contributed by atoms with Crippen molar-refractivity contribution in [3.8, 4) is 11.3 Å². The van der Waals surface area contributed by atoms with Crippen LogP contribution in [0.25, 0.3) is 11.3 Å². The molecule has 3 N–H and O–H groups in total. The first kappa shape index (κ1) is 10.8. The van der Waals surface area contributed by atoms with Crippen molar-refractivity contribution in [2.45, 2.75) is 19.4 Å². The fourth-order valence-corrected chi connectivity index (χ4v) is 1.59. The van der Waals surface area contributed by atoms with Gasteiger partial charge in [-0.05, 0) is 19.1 Å². The lowest BCUT2D eigenvalue weighted by atomic mass is 10.1. The third-order valence-corrected chi connectivity index (χ3v) is 2.31. The predicted molar refractivity (Wildman–Crippen MR) is 61.3 cm³/mol. The predicted octanol–water partition coefficient (Wildman–Crippen LogP) is 2.11. The van der Waals surface area contributed by atoms with Crippen LogP contribution in [0.15, 0.2) is 30.5 Å². The van der Waals surface area contributed by atoms with Crippen LogP contribution in [0, 0.1) is 5.82 Å². The summed E-state index contributed by atoms with van der Waals surface area (Å²) in [6.45, 7) is 1.91. The zero-order valence-electron chi connectivity index (χ0n) is 9.07. The molecule has 1 aromatic heterocycles. The van der Waals surface area contributed by atoms with E-state index in [1.54, 1.807) is 24.4 Å². The Hall–Kier alpha value is -1.68. The van der Waals surface area contributed by atoms with E-state index in [9.17, 15) is 4.39 Å². The van der Waals surface area contributed by atoms with E-state index in [2.05, 4.69) is 9.97 Å². The molecule has 4 heteroatoms. The van der Waals surface area contributed by atoms with Crippen LogP contribution in [0.5, 0.6) is 0 Å². The van der Waals surface area contributed by atoms with Crippen molar-refractivity contribution in [2.24, 2.45) is 5.73 Å². The summed E-state index contributed by atoms with van der Waals surface area (Å²) >= 11 is 0. The van der Waals surface area contributed by atoms with E-state index in [0.717, 1.165) is 5.82 Å². The SMILES string of the molecule is CC(N)Cc1ncc(-c2ccccc2F)[nH]1. The molecule has 84 valence electrons. The van der Waals surface area contributed by atoms with E-state index >= 15 is 0 Å². The summed E-state index contributed by atoms with van der Waals surface area (Å²) in [6.07, 6.45) is 2.30. The summed E-state index contributed by atoms with van der Waals surface area (Å²) in [7, 11) is 0. The van der Waals surface area contributed by atoms with Crippen LogP contribution in [0.1, 0.15) is 12.7 Å². The first-order valence-corrected chi connectivity index (χ1v) is 5.21. The van der Waals surface area contributed by atoms with Gasteiger partial charge in [-0.1, -0.05) is 12.1 Å². The standard InChI is InChI=1S/C12H14FN3/c1-8(14)6-12-15-7-11(16-12)9-4-2-3-5-10(9)13/h2-5,7-8H,6,14H2,1H3,(H,15,16). The van der Waals surface area contributed by atoms with Crippen LogP contribution < -0.4 is 5.73 Å². The highest BCUT2D eigenvalue weighted by Crippen LogP contribution is 2.20. The highest BCUT2D eigenvalue weighted by molar-refractivity contribution is 5.59. The van der Waals surface area contributed by atoms with Crippen LogP contribution >= 0.6 is 0 Å². The second kappa shape index (κ2) is 4.45. The van der Waals surface area contributed by atoms with Gasteiger partial charge in [0.05, 0.1) is 11.9 Å². The summed E-state index contributed by atoms with van der Waals surface area (Å²) in [6, 6.07) is 6.65. The number of H-pyrrole nitrogens is 1. The van der Waals surface area contributed by atoms with Gasteiger partial charge in [-0.25, -0.2) is 9.37 Å². The molecule has 0 fully saturated rings. The maximum absolute atomic E-state index is 13.5. The Bertz CT molecular complexity index is 477. The molecule has 3 nitrogen and oxygen atoms in total. The molecule has 2 rings (SSSR count). The molecule has 1 aromatic carbocycles. The van der Waals surface area contributed by atoms with Crippen LogP contribution in [0.3, 0.4) is 0 Å². The van der Waals surface area contributed by atoms with Crippen LogP contribution in [-0.4, -0.2) is 16.0 Å². The minimum Gasteiger partial charge on any atom is -0.342 e. The second-order valence-electron chi connectivity index (χ2n) is 3.90. The Morgan fingerprint density at radius 2 is 2.19 bits per heavy atom. The molecule has 0 saturated heterocycles. The number of nitrogens with one attached hydrogen (secondary N) is 1. The summed E-state index contributed by atoms with van der Waals surface area (Å²) in [5.74, 6) is 0.534. The van der Waals surface area contributed by atoms with Gasteiger partial charge in [-0.15, -0.1) is 0 Å². The molecule has 0 saturated carbocycles. The van der Waals surface area contributed by atoms with E-state index in [1.807, 2.05) is 6.92 Å². The number of rotatable bonds is 3. The average molecular weight is 219 g/mol. The van der Waals surface area contributed by atoms with Gasteiger partial charge in [0, 0.05) is 18.0 Å². The topological polar surface area (TPSA) is 54.7 Å². The van der Waals surface area contributed by atoms with Crippen molar-refractivity contribution in [3.63, 3.8) is 0 Å². The number of hydrogen-bond donors (Lipinski definition) is 2. The number of aromatic nitrogens is 2. The van der Waals surface area contributed by atoms with Gasteiger partial charge in [-0.2, -0.15) is 0 Å². The van der Waals surface area contributed by atoms with Gasteiger partial charge in [-0.3, -0.25) is 0 Å². The minimum absolute atomic E-state index is 0.0413. The lowest BCUT2D eigenvalue weighted by molar-refractivity contribution is 0.630. The van der Waals surface area contributed by atoms with Crippen molar-refractivity contribution in [1.29, 1.82) is 0 Å². The first-order valence-electron chi connectivity index (χ1n) is 5.21. The normalized spacial score (nSPS) is 12.7. The maximum atomic E-state index is 13.5. The molecule has 0 radical (unpaired) electrons. The van der Waals surface area contributed by atoms with E-state index in [-0.39, 0.29) is 11.9 Å². The average Bonchev–Trinajstić information content (AvgIpc) is 2.66. The van der Waals surface area contributed by atoms with Crippen molar-refractivity contribution < 1.29 is 4.39 Å². The van der Waals surface area contributed by atoms with E-state index in [0.29, 0.717) is 17.7 Å². The van der Waals surface area contributed by atoms with Gasteiger partial charge in [0.15, 0.2) is 0 Å². The highest BCUT2D eigenvalue weighted by Gasteiger charge is 2.08. The molecule has 1 heterocycles. The van der Waals surface area contributed by atoms with E-state index in [1.165, 1.54) is 6.07 Å². The van der Waals surface area contributed by atoms with Crippen molar-refractivity contribution in [1.82, 2.24) is 9.97 Å². The third-order valence-electron chi connectivity index (χ3n) is 2.31. The molecule has 0 spiro atoms. The van der Waals surface area contributed by atoms with Crippen molar-refractivity contribution in [2.75, 3.05) is 0 Å². The van der Waals surface area contributed by atoms with Crippen molar-refractivity contribution in [3.05, 3.63) is 42.1 Å². The fourth-order valence-electron chi connectivity index (χ4n) is 1.59. The first-order chi connectivity index (χ1) is 7.66. The van der Waals surface area contributed by atoms with Crippen LogP contribution in [0.4, 0.5) is 4.39 Å². The van der Waals surface area contributed by atoms with Gasteiger partial charge in [0.2, 0.25) is 0 Å². The second-order valence-corrected chi connectivity index (χ2v) is 3.90. The lowest BCUT2D eigenvalue weighted by Gasteiger charge is -2.01. The number of imidazole rings is 1. The van der Waals surface area contributed by atoms with Gasteiger partial charge in [0.25, 0.3) is 0 Å². The molecule has 0 aliphatic rings. The van der Waals surface area contributed by atoms with Gasteiger partial charge < -0.3 is 10.7 Å². The quantitative estimate of drug-likeness (QED) is 0.830. The number of nitrogens with two attached hydrogens (primary N) is 1. The highest BCUT2D eigenvalue weighted by atomic mass is 19.1. The smallest absolute Gasteiger partial charge is 0.132 e. The Kier molecular flexibility index (Phi) is 3.01. The van der Waals surface area contributed by atoms with Crippen LogP contribution in [-0.2, 0) is 6.42 Å². The van der Waals surface area contributed by atoms with E-state index in [4.69, 9.17) is 5.73 Å². The lowest BCUT2D eigenvalue weighted by Crippen LogP contribution is -2.18.